The van der Waals surface area contributed by atoms with Crippen molar-refractivity contribution in [1.82, 2.24) is 9.78 Å². The molecule has 3 aromatic rings. The van der Waals surface area contributed by atoms with Crippen molar-refractivity contribution in [3.8, 4) is 11.6 Å². The number of carbonyl (C=O) groups is 1. The van der Waals surface area contributed by atoms with E-state index in [-0.39, 0.29) is 6.61 Å². The van der Waals surface area contributed by atoms with Crippen molar-refractivity contribution in [3.63, 3.8) is 0 Å². The molecule has 1 heterocycles. The lowest BCUT2D eigenvalue weighted by atomic mass is 10.3. The quantitative estimate of drug-likeness (QED) is 0.629. The second-order valence-corrected chi connectivity index (χ2v) is 6.33. The second-order valence-electron chi connectivity index (χ2n) is 5.25. The van der Waals surface area contributed by atoms with E-state index in [0.29, 0.717) is 5.88 Å². The first kappa shape index (κ1) is 17.1. The number of para-hydroxylation sites is 1. The predicted molar refractivity (Wildman–Crippen MR) is 96.4 cm³/mol. The smallest absolute Gasteiger partial charge is 0.343 e. The molecule has 0 atom stereocenters. The molecule has 6 heteroatoms. The molecule has 5 nitrogen and oxygen atoms in total. The van der Waals surface area contributed by atoms with Crippen LogP contribution >= 0.6 is 11.8 Å². The standard InChI is InChI=1S/C19H18N2O3S/c1-14-18(25-16-11-7-4-8-12-16)19(24-13-17(22)23-2)21(20-14)15-9-5-3-6-10-15/h3-12H,13H2,1-2H3. The van der Waals surface area contributed by atoms with Gasteiger partial charge in [0, 0.05) is 4.90 Å². The first-order chi connectivity index (χ1) is 12.2. The molecule has 0 saturated heterocycles. The van der Waals surface area contributed by atoms with E-state index in [9.17, 15) is 4.79 Å². The van der Waals surface area contributed by atoms with Crippen LogP contribution in [0.5, 0.6) is 5.88 Å². The van der Waals surface area contributed by atoms with Crippen LogP contribution in [0, 0.1) is 6.92 Å². The lowest BCUT2D eigenvalue weighted by molar-refractivity contribution is -0.143. The molecular formula is C19H18N2O3S. The van der Waals surface area contributed by atoms with Crippen LogP contribution in [-0.2, 0) is 9.53 Å². The fourth-order valence-electron chi connectivity index (χ4n) is 2.27. The fraction of sp³-hybridized carbons (Fsp3) is 0.158. The third kappa shape index (κ3) is 4.03. The Morgan fingerprint density at radius 3 is 2.36 bits per heavy atom. The van der Waals surface area contributed by atoms with Crippen LogP contribution in [0.1, 0.15) is 5.69 Å². The molecule has 3 rings (SSSR count). The number of esters is 1. The Morgan fingerprint density at radius 2 is 1.72 bits per heavy atom. The Morgan fingerprint density at radius 1 is 1.08 bits per heavy atom. The van der Waals surface area contributed by atoms with Crippen molar-refractivity contribution in [2.24, 2.45) is 0 Å². The van der Waals surface area contributed by atoms with E-state index in [4.69, 9.17) is 4.74 Å². The molecule has 0 fully saturated rings. The minimum atomic E-state index is -0.436. The topological polar surface area (TPSA) is 53.4 Å². The SMILES string of the molecule is COC(=O)COc1c(Sc2ccccc2)c(C)nn1-c1ccccc1. The molecule has 25 heavy (non-hydrogen) atoms. The first-order valence-corrected chi connectivity index (χ1v) is 8.58. The molecule has 0 saturated carbocycles. The van der Waals surface area contributed by atoms with Crippen LogP contribution in [0.2, 0.25) is 0 Å². The molecule has 0 bridgehead atoms. The van der Waals surface area contributed by atoms with Crippen molar-refractivity contribution in [2.45, 2.75) is 16.7 Å². The van der Waals surface area contributed by atoms with Crippen molar-refractivity contribution in [2.75, 3.05) is 13.7 Å². The van der Waals surface area contributed by atoms with Crippen molar-refractivity contribution in [1.29, 1.82) is 0 Å². The molecule has 0 aliphatic heterocycles. The van der Waals surface area contributed by atoms with Crippen molar-refractivity contribution >= 4 is 17.7 Å². The number of hydrogen-bond acceptors (Lipinski definition) is 5. The lowest BCUT2D eigenvalue weighted by Gasteiger charge is -2.10. The number of carbonyl (C=O) groups excluding carboxylic acids is 1. The molecule has 0 amide bonds. The Bertz CT molecular complexity index is 848. The van der Waals surface area contributed by atoms with Gasteiger partial charge in [-0.05, 0) is 31.2 Å². The number of benzene rings is 2. The summed E-state index contributed by atoms with van der Waals surface area (Å²) in [6, 6.07) is 19.7. The normalized spacial score (nSPS) is 10.5. The zero-order valence-electron chi connectivity index (χ0n) is 14.0. The Labute approximate surface area is 150 Å². The fourth-order valence-corrected chi connectivity index (χ4v) is 3.22. The second kappa shape index (κ2) is 7.90. The van der Waals surface area contributed by atoms with Gasteiger partial charge in [0.15, 0.2) is 6.61 Å². The van der Waals surface area contributed by atoms with Crippen LogP contribution in [0.25, 0.3) is 5.69 Å². The van der Waals surface area contributed by atoms with Gasteiger partial charge >= 0.3 is 5.97 Å². The summed E-state index contributed by atoms with van der Waals surface area (Å²) < 4.78 is 12.2. The van der Waals surface area contributed by atoms with E-state index >= 15 is 0 Å². The highest BCUT2D eigenvalue weighted by Crippen LogP contribution is 2.38. The third-order valence-corrected chi connectivity index (χ3v) is 4.67. The van der Waals surface area contributed by atoms with Crippen molar-refractivity contribution < 1.29 is 14.3 Å². The summed E-state index contributed by atoms with van der Waals surface area (Å²) in [6.45, 7) is 1.76. The van der Waals surface area contributed by atoms with Crippen LogP contribution in [0.15, 0.2) is 70.5 Å². The van der Waals surface area contributed by atoms with E-state index in [1.54, 1.807) is 16.4 Å². The number of ether oxygens (including phenoxy) is 2. The first-order valence-electron chi connectivity index (χ1n) is 7.76. The van der Waals surface area contributed by atoms with Crippen LogP contribution in [0.3, 0.4) is 0 Å². The third-order valence-electron chi connectivity index (χ3n) is 3.48. The van der Waals surface area contributed by atoms with Crippen LogP contribution < -0.4 is 4.74 Å². The maximum atomic E-state index is 11.5. The average Bonchev–Trinajstić information content (AvgIpc) is 2.97. The summed E-state index contributed by atoms with van der Waals surface area (Å²) in [5, 5.41) is 4.60. The number of aromatic nitrogens is 2. The molecule has 0 aliphatic rings. The van der Waals surface area contributed by atoms with E-state index in [0.717, 1.165) is 21.2 Å². The summed E-state index contributed by atoms with van der Waals surface area (Å²) in [7, 11) is 1.34. The van der Waals surface area contributed by atoms with Gasteiger partial charge in [-0.3, -0.25) is 0 Å². The monoisotopic (exact) mass is 354 g/mol. The van der Waals surface area contributed by atoms with E-state index in [2.05, 4.69) is 9.84 Å². The van der Waals surface area contributed by atoms with Gasteiger partial charge in [-0.25, -0.2) is 4.79 Å². The summed E-state index contributed by atoms with van der Waals surface area (Å²) in [4.78, 5) is 13.5. The Kier molecular flexibility index (Phi) is 5.40. The molecule has 2 aromatic carbocycles. The molecule has 0 spiro atoms. The molecule has 1 aromatic heterocycles. The van der Waals surface area contributed by atoms with Gasteiger partial charge in [0.1, 0.15) is 0 Å². The highest BCUT2D eigenvalue weighted by molar-refractivity contribution is 7.99. The summed E-state index contributed by atoms with van der Waals surface area (Å²) in [6.07, 6.45) is 0. The van der Waals surface area contributed by atoms with Gasteiger partial charge in [0.05, 0.1) is 23.4 Å². The van der Waals surface area contributed by atoms with E-state index in [1.165, 1.54) is 7.11 Å². The van der Waals surface area contributed by atoms with Gasteiger partial charge < -0.3 is 9.47 Å². The molecule has 128 valence electrons. The zero-order valence-corrected chi connectivity index (χ0v) is 14.8. The summed E-state index contributed by atoms with van der Waals surface area (Å²) in [5.41, 5.74) is 1.70. The minimum Gasteiger partial charge on any atom is -0.466 e. The van der Waals surface area contributed by atoms with Crippen LogP contribution in [-0.4, -0.2) is 29.5 Å². The molecule has 0 unspecified atom stereocenters. The largest absolute Gasteiger partial charge is 0.466 e. The number of nitrogens with zero attached hydrogens (tertiary/aromatic N) is 2. The van der Waals surface area contributed by atoms with E-state index in [1.807, 2.05) is 67.6 Å². The maximum Gasteiger partial charge on any atom is 0.343 e. The minimum absolute atomic E-state index is 0.170. The van der Waals surface area contributed by atoms with Gasteiger partial charge in [-0.15, -0.1) is 0 Å². The Hall–Kier alpha value is -2.73. The van der Waals surface area contributed by atoms with E-state index < -0.39 is 5.97 Å². The molecular weight excluding hydrogens is 336 g/mol. The highest BCUT2D eigenvalue weighted by atomic mass is 32.2. The number of aryl methyl sites for hydroxylation is 1. The molecule has 0 aliphatic carbocycles. The van der Waals surface area contributed by atoms with Gasteiger partial charge in [0.25, 0.3) is 0 Å². The zero-order chi connectivity index (χ0) is 17.6. The summed E-state index contributed by atoms with van der Waals surface area (Å²) in [5.74, 6) is 0.0945. The molecule has 0 N–H and O–H groups in total. The number of methoxy groups -OCH3 is 1. The predicted octanol–water partition coefficient (Wildman–Crippen LogP) is 3.88. The van der Waals surface area contributed by atoms with Gasteiger partial charge in [-0.2, -0.15) is 9.78 Å². The maximum absolute atomic E-state index is 11.5. The number of rotatable bonds is 6. The highest BCUT2D eigenvalue weighted by Gasteiger charge is 2.20. The average molecular weight is 354 g/mol. The summed E-state index contributed by atoms with van der Waals surface area (Å²) >= 11 is 1.56. The molecule has 0 radical (unpaired) electrons. The van der Waals surface area contributed by atoms with Crippen LogP contribution in [0.4, 0.5) is 0 Å². The van der Waals surface area contributed by atoms with Gasteiger partial charge in [-0.1, -0.05) is 48.2 Å². The van der Waals surface area contributed by atoms with Crippen molar-refractivity contribution in [3.05, 3.63) is 66.4 Å². The Balaban J connectivity index is 2.00. The van der Waals surface area contributed by atoms with Gasteiger partial charge in [0.2, 0.25) is 5.88 Å². The lowest BCUT2D eigenvalue weighted by Crippen LogP contribution is -2.14. The number of hydrogen-bond donors (Lipinski definition) is 0.